The van der Waals surface area contributed by atoms with Crippen LogP contribution in [0.25, 0.3) is 78.3 Å². The highest BCUT2D eigenvalue weighted by Gasteiger charge is 2.33. The van der Waals surface area contributed by atoms with E-state index in [9.17, 15) is 51.5 Å². The lowest BCUT2D eigenvalue weighted by Gasteiger charge is -2.15. The number of benzene rings is 10. The number of halogens is 5. The molecule has 2 atom stereocenters. The molecular formula is C109H89ClF4N16O12. The van der Waals surface area contributed by atoms with E-state index < -0.39 is 23.1 Å². The topological polar surface area (TPSA) is 295 Å². The number of anilines is 2. The van der Waals surface area contributed by atoms with Crippen LogP contribution in [-0.2, 0) is 45.6 Å². The molecule has 0 bridgehead atoms. The molecule has 2 N–H and O–H groups in total. The average Bonchev–Trinajstić information content (AvgIpc) is 1.61. The molecule has 4 amide bonds. The van der Waals surface area contributed by atoms with E-state index in [4.69, 9.17) is 30.5 Å². The molecule has 28 nitrogen and oxygen atoms in total. The van der Waals surface area contributed by atoms with Crippen molar-refractivity contribution in [3.63, 3.8) is 0 Å². The molecule has 10 heterocycles. The van der Waals surface area contributed by atoms with Gasteiger partial charge in [-0.3, -0.25) is 75.7 Å². The fourth-order valence-corrected chi connectivity index (χ4v) is 17.2. The van der Waals surface area contributed by atoms with Crippen LogP contribution in [0.2, 0.25) is 5.02 Å². The first-order chi connectivity index (χ1) is 69.0. The van der Waals surface area contributed by atoms with Gasteiger partial charge in [0.15, 0.2) is 23.1 Å². The first-order valence-corrected chi connectivity index (χ1v) is 45.2. The van der Waals surface area contributed by atoms with Crippen LogP contribution in [-0.4, -0.2) is 116 Å². The third-order valence-corrected chi connectivity index (χ3v) is 24.2. The van der Waals surface area contributed by atoms with Crippen molar-refractivity contribution >= 4 is 90.7 Å². The molecule has 2 aliphatic rings. The van der Waals surface area contributed by atoms with Gasteiger partial charge >= 0.3 is 22.8 Å². The number of nitrogens with one attached hydrogen (secondary N) is 2. The number of nitrogens with zero attached hydrogens (tertiary/aromatic N) is 14. The SMILES string of the molecule is C=CC(=O)N1CCC(n2c(=O)n(-c3ccc(OCc4ccccc4)c(F)c3)c3cnccc32)C1.C=CC(=O)N1CC[C@@H](n2c(=O)n(-c3ccc(OCc4ccccc4F)c(Cl)c3)c3cnccc32)C1.C=CC(=O)Nc1cccc(-n2c(=O)n(-c3ccc(OCc4cccc(C)c4F)c(F)c3)c3cnccc32)c1.C=CC(=O)Nc1cccc(-n2c(=O)n(-c3ccc(OCc4ccccc4)cc3)c3cnccc32)c1. The van der Waals surface area contributed by atoms with Crippen molar-refractivity contribution < 1.29 is 55.7 Å². The number of amides is 4. The molecular weight excluding hydrogens is 1840 g/mol. The smallest absolute Gasteiger partial charge is 0.338 e. The molecule has 1 unspecified atom stereocenters. The van der Waals surface area contributed by atoms with Gasteiger partial charge < -0.3 is 39.4 Å². The fraction of sp³-hybridized carbons (Fsp3) is 0.119. The van der Waals surface area contributed by atoms with Crippen molar-refractivity contribution in [2.75, 3.05) is 36.8 Å². The van der Waals surface area contributed by atoms with E-state index in [0.717, 1.165) is 22.7 Å². The lowest BCUT2D eigenvalue weighted by molar-refractivity contribution is -0.125. The molecule has 18 aromatic rings. The van der Waals surface area contributed by atoms with Crippen LogP contribution in [0.5, 0.6) is 23.0 Å². The van der Waals surface area contributed by atoms with Gasteiger partial charge in [-0.25, -0.2) is 36.7 Å². The minimum absolute atomic E-state index is 0.0243. The summed E-state index contributed by atoms with van der Waals surface area (Å²) in [6.45, 7) is 18.2. The number of aromatic nitrogens is 12. The number of fused-ring (bicyclic) bond motifs is 4. The van der Waals surface area contributed by atoms with Gasteiger partial charge in [0.1, 0.15) is 49.6 Å². The van der Waals surface area contributed by atoms with Gasteiger partial charge in [-0.1, -0.05) is 147 Å². The van der Waals surface area contributed by atoms with Gasteiger partial charge in [-0.2, -0.15) is 0 Å². The number of pyridine rings is 4. The molecule has 10 aromatic carbocycles. The summed E-state index contributed by atoms with van der Waals surface area (Å²) in [4.78, 5) is 122. The predicted octanol–water partition coefficient (Wildman–Crippen LogP) is 18.7. The largest absolute Gasteiger partial charge is 0.489 e. The monoisotopic (exact) mass is 1920 g/mol. The molecule has 0 spiro atoms. The van der Waals surface area contributed by atoms with Gasteiger partial charge in [-0.15, -0.1) is 0 Å². The van der Waals surface area contributed by atoms with Gasteiger partial charge in [0, 0.05) is 85.6 Å². The quantitative estimate of drug-likeness (QED) is 0.0376. The van der Waals surface area contributed by atoms with Crippen molar-refractivity contribution in [2.45, 2.75) is 58.3 Å². The standard InChI is InChI=1S/C29H22F2N4O3.C28H22N4O3.C26H22ClFN4O3.C26H23FN4O3/c1-3-27(36)33-20-8-5-9-21(14-20)34-24-12-13-32-16-25(24)35(29(34)37)22-10-11-26(23(30)15-22)38-17-19-7-4-6-18(2)28(19)31;1-2-27(33)30-21-9-6-10-23(17-21)32-25-15-16-29-18-26(25)31(28(32)34)22-11-13-24(14-12-22)35-19-20-7-4-3-5-8-20;1-2-25(33)30-12-10-19(15-30)32-22-9-11-29-14-23(22)31(26(32)34)18-7-8-24(20(27)13-18)35-16-17-5-3-4-6-21(17)28;1-2-25(32)29-13-11-20(16-29)31-22-10-12-28-15-23(22)30(26(31)33)19-8-9-24(21(27)14-19)34-17-18-6-4-3-5-7-18/h3-16H,1,17H2,2H3,(H,33,36);2-18H,1,19H2,(H,30,33);2-9,11,13-14,19H,1,10,12,15-16H2;2-10,12,14-15,20H,1,11,13,16-17H2/t;;19-;/m..1./s1. The molecule has 142 heavy (non-hydrogen) atoms. The average molecular weight is 1930 g/mol. The third-order valence-electron chi connectivity index (χ3n) is 23.9. The van der Waals surface area contributed by atoms with E-state index >= 15 is 4.39 Å². The maximum absolute atomic E-state index is 15.1. The van der Waals surface area contributed by atoms with E-state index in [2.05, 4.69) is 56.9 Å². The molecule has 0 radical (unpaired) electrons. The number of aryl methyl sites for hydroxylation is 1. The number of hydrogen-bond acceptors (Lipinski definition) is 16. The zero-order chi connectivity index (χ0) is 99.2. The van der Waals surface area contributed by atoms with Crippen molar-refractivity contribution in [1.29, 1.82) is 0 Å². The second-order valence-corrected chi connectivity index (χ2v) is 33.2. The lowest BCUT2D eigenvalue weighted by Crippen LogP contribution is -2.31. The zero-order valence-electron chi connectivity index (χ0n) is 76.3. The summed E-state index contributed by atoms with van der Waals surface area (Å²) in [5.74, 6) is -1.92. The van der Waals surface area contributed by atoms with E-state index in [1.165, 1.54) is 68.5 Å². The molecule has 33 heteroatoms. The van der Waals surface area contributed by atoms with Gasteiger partial charge in [0.2, 0.25) is 23.6 Å². The van der Waals surface area contributed by atoms with E-state index in [-0.39, 0.29) is 95.6 Å². The number of carbonyl (C=O) groups is 4. The second kappa shape index (κ2) is 43.1. The molecule has 2 aliphatic heterocycles. The number of rotatable bonds is 26. The highest BCUT2D eigenvalue weighted by molar-refractivity contribution is 6.32. The molecule has 8 aromatic heterocycles. The Kier molecular flexibility index (Phi) is 29.0. The Morgan fingerprint density at radius 2 is 0.754 bits per heavy atom. The predicted molar refractivity (Wildman–Crippen MR) is 535 cm³/mol. The van der Waals surface area contributed by atoms with E-state index in [0.29, 0.717) is 157 Å². The third kappa shape index (κ3) is 20.6. The Bertz CT molecular complexity index is 8140. The van der Waals surface area contributed by atoms with Gasteiger partial charge in [0.05, 0.1) is 120 Å². The normalized spacial score (nSPS) is 13.1. The van der Waals surface area contributed by atoms with Crippen molar-refractivity contribution in [3.05, 3.63) is 453 Å². The van der Waals surface area contributed by atoms with Crippen LogP contribution in [0.3, 0.4) is 0 Å². The highest BCUT2D eigenvalue weighted by atomic mass is 35.5. The van der Waals surface area contributed by atoms with Crippen molar-refractivity contribution in [1.82, 2.24) is 66.3 Å². The van der Waals surface area contributed by atoms with E-state index in [1.807, 2.05) is 91.0 Å². The summed E-state index contributed by atoms with van der Waals surface area (Å²) < 4.78 is 93.4. The number of carbonyl (C=O) groups excluding carboxylic acids is 4. The Balaban J connectivity index is 0.000000130. The van der Waals surface area contributed by atoms with Crippen LogP contribution in [0.4, 0.5) is 28.9 Å². The minimum atomic E-state index is -0.707. The number of likely N-dealkylation sites (tertiary alicyclic amines) is 2. The van der Waals surface area contributed by atoms with Crippen molar-refractivity contribution in [3.8, 4) is 57.1 Å². The summed E-state index contributed by atoms with van der Waals surface area (Å²) >= 11 is 6.48. The summed E-state index contributed by atoms with van der Waals surface area (Å²) in [5.41, 5.74) is 10.9. The first kappa shape index (κ1) is 95.6. The zero-order valence-corrected chi connectivity index (χ0v) is 77.0. The van der Waals surface area contributed by atoms with Crippen LogP contribution < -0.4 is 52.3 Å². The molecule has 20 rings (SSSR count). The maximum atomic E-state index is 15.1. The molecule has 712 valence electrons. The maximum Gasteiger partial charge on any atom is 0.338 e. The van der Waals surface area contributed by atoms with Crippen LogP contribution >= 0.6 is 11.6 Å². The summed E-state index contributed by atoms with van der Waals surface area (Å²) in [7, 11) is 0. The molecule has 0 aliphatic carbocycles. The number of hydrogen-bond donors (Lipinski definition) is 2. The molecule has 0 saturated carbocycles. The van der Waals surface area contributed by atoms with E-state index in [1.54, 1.807) is 216 Å². The Morgan fingerprint density at radius 3 is 1.22 bits per heavy atom. The Hall–Kier alpha value is -18.1. The highest BCUT2D eigenvalue weighted by Crippen LogP contribution is 2.35. The Morgan fingerprint density at radius 1 is 0.373 bits per heavy atom. The van der Waals surface area contributed by atoms with Gasteiger partial charge in [-0.05, 0) is 194 Å². The lowest BCUT2D eigenvalue weighted by atomic mass is 10.1. The first-order valence-electron chi connectivity index (χ1n) is 44.8. The number of imidazole rings is 4. The summed E-state index contributed by atoms with van der Waals surface area (Å²) in [6.07, 6.45) is 19.1. The Labute approximate surface area is 813 Å². The minimum Gasteiger partial charge on any atom is -0.489 e. The molecule has 2 fully saturated rings. The fourth-order valence-electron chi connectivity index (χ4n) is 17.0. The van der Waals surface area contributed by atoms with Crippen LogP contribution in [0.1, 0.15) is 52.7 Å². The van der Waals surface area contributed by atoms with Gasteiger partial charge in [0.25, 0.3) is 0 Å². The summed E-state index contributed by atoms with van der Waals surface area (Å²) in [6, 6.07) is 72.2. The number of ether oxygens (including phenoxy) is 4. The van der Waals surface area contributed by atoms with Crippen LogP contribution in [0.15, 0.2) is 374 Å². The molecule has 2 saturated heterocycles. The van der Waals surface area contributed by atoms with Crippen LogP contribution in [0, 0.1) is 30.2 Å². The summed E-state index contributed by atoms with van der Waals surface area (Å²) in [5, 5.41) is 5.70. The van der Waals surface area contributed by atoms with Crippen molar-refractivity contribution in [2.24, 2.45) is 0 Å². The second-order valence-electron chi connectivity index (χ2n) is 32.8.